The van der Waals surface area contributed by atoms with E-state index in [1.165, 1.54) is 109 Å². The molecular weight excluding hydrogens is 685 g/mol. The highest BCUT2D eigenvalue weighted by Gasteiger charge is 2.58. The van der Waals surface area contributed by atoms with Crippen molar-refractivity contribution in [3.63, 3.8) is 0 Å². The zero-order valence-corrected chi connectivity index (χ0v) is 33.7. The van der Waals surface area contributed by atoms with E-state index < -0.39 is 0 Å². The van der Waals surface area contributed by atoms with Crippen molar-refractivity contribution >= 4 is 64.6 Å². The molecule has 0 bridgehead atoms. The van der Waals surface area contributed by atoms with Crippen molar-refractivity contribution in [1.82, 2.24) is 0 Å². The summed E-state index contributed by atoms with van der Waals surface area (Å²) >= 11 is 0. The van der Waals surface area contributed by atoms with Crippen LogP contribution in [0.3, 0.4) is 0 Å². The lowest BCUT2D eigenvalue weighted by molar-refractivity contribution is 0.0965. The van der Waals surface area contributed by atoms with Crippen LogP contribution in [0, 0.1) is 10.8 Å². The van der Waals surface area contributed by atoms with Gasteiger partial charge in [0.1, 0.15) is 0 Å². The van der Waals surface area contributed by atoms with E-state index in [-0.39, 0.29) is 16.2 Å². The smallest absolute Gasteiger partial charge is 0.0318 e. The monoisotopic (exact) mass is 730 g/mol. The van der Waals surface area contributed by atoms with Crippen LogP contribution in [0.25, 0.3) is 98.0 Å². The third-order valence-electron chi connectivity index (χ3n) is 13.5. The second kappa shape index (κ2) is 11.9. The zero-order chi connectivity index (χ0) is 38.8. The van der Waals surface area contributed by atoms with Crippen molar-refractivity contribution in [3.8, 4) is 33.4 Å². The summed E-state index contributed by atoms with van der Waals surface area (Å²) in [6, 6.07) is 64.3. The van der Waals surface area contributed by atoms with Gasteiger partial charge in [0.05, 0.1) is 0 Å². The van der Waals surface area contributed by atoms with Crippen molar-refractivity contribution in [3.05, 3.63) is 181 Å². The summed E-state index contributed by atoms with van der Waals surface area (Å²) in [5.41, 5.74) is 10.4. The van der Waals surface area contributed by atoms with Crippen molar-refractivity contribution in [2.45, 2.75) is 47.0 Å². The lowest BCUT2D eigenvalue weighted by atomic mass is 9.49. The minimum absolute atomic E-state index is 0.0905. The van der Waals surface area contributed by atoms with Crippen LogP contribution in [0.15, 0.2) is 170 Å². The maximum Gasteiger partial charge on any atom is 0.0318 e. The first-order chi connectivity index (χ1) is 27.6. The Hall–Kier alpha value is -6.24. The van der Waals surface area contributed by atoms with Gasteiger partial charge in [-0.15, -0.1) is 0 Å². The molecule has 0 aliphatic heterocycles. The quantitative estimate of drug-likeness (QED) is 0.123. The molecule has 0 N–H and O–H groups in total. The van der Waals surface area contributed by atoms with E-state index in [2.05, 4.69) is 211 Å². The highest BCUT2D eigenvalue weighted by molar-refractivity contribution is 6.23. The highest BCUT2D eigenvalue weighted by atomic mass is 14.6. The van der Waals surface area contributed by atoms with E-state index in [1.807, 2.05) is 0 Å². The number of fused-ring (bicyclic) bond motifs is 12. The van der Waals surface area contributed by atoms with Crippen molar-refractivity contribution in [2.24, 2.45) is 10.8 Å². The molecule has 10 aromatic rings. The molecular formula is C57H46. The summed E-state index contributed by atoms with van der Waals surface area (Å²) in [5, 5.41) is 15.6. The minimum Gasteiger partial charge on any atom is -0.0616 e. The molecule has 274 valence electrons. The second-order valence-corrected chi connectivity index (χ2v) is 18.5. The molecule has 0 aromatic heterocycles. The first-order valence-corrected chi connectivity index (χ1v) is 20.5. The van der Waals surface area contributed by atoms with Gasteiger partial charge < -0.3 is 0 Å². The first kappa shape index (κ1) is 34.0. The molecule has 0 nitrogen and oxygen atoms in total. The van der Waals surface area contributed by atoms with Crippen molar-refractivity contribution < 1.29 is 0 Å². The summed E-state index contributed by atoms with van der Waals surface area (Å²) in [4.78, 5) is 0. The summed E-state index contributed by atoms with van der Waals surface area (Å²) in [6.07, 6.45) is 0. The summed E-state index contributed by atoms with van der Waals surface area (Å²) in [5.74, 6) is 0. The first-order valence-electron chi connectivity index (χ1n) is 20.5. The Morgan fingerprint density at radius 1 is 0.316 bits per heavy atom. The fourth-order valence-corrected chi connectivity index (χ4v) is 11.7. The van der Waals surface area contributed by atoms with Crippen molar-refractivity contribution in [1.29, 1.82) is 0 Å². The number of hydrogen-bond acceptors (Lipinski definition) is 0. The third kappa shape index (κ3) is 4.62. The van der Waals surface area contributed by atoms with Gasteiger partial charge in [-0.3, -0.25) is 0 Å². The molecule has 0 fully saturated rings. The molecule has 0 atom stereocenters. The van der Waals surface area contributed by atoms with Gasteiger partial charge in [-0.25, -0.2) is 0 Å². The maximum atomic E-state index is 2.59. The molecule has 1 aliphatic carbocycles. The fourth-order valence-electron chi connectivity index (χ4n) is 11.7. The molecule has 0 saturated carbocycles. The average Bonchev–Trinajstić information content (AvgIpc) is 3.54. The van der Waals surface area contributed by atoms with Crippen LogP contribution in [0.5, 0.6) is 0 Å². The van der Waals surface area contributed by atoms with Gasteiger partial charge in [0.15, 0.2) is 0 Å². The van der Waals surface area contributed by atoms with E-state index in [0.717, 1.165) is 0 Å². The van der Waals surface area contributed by atoms with Crippen molar-refractivity contribution in [2.75, 3.05) is 0 Å². The standard InChI is InChI=1S/C57H46/c1-55(2,3)57(56(4,5)6)50-34-40-32-39(30-28-37(40)33-49(50)53-43-21-11-9-19-41(43)42-20-10-16-26-48(42)54(53)57)52-46-24-14-12-22-44(46)51(45-23-13-15-25-47(45)52)38-29-27-35-17-7-8-18-36(35)31-38/h7-34H,1-6H3. The minimum atomic E-state index is -0.264. The molecule has 11 rings (SSSR count). The summed E-state index contributed by atoms with van der Waals surface area (Å²) < 4.78 is 0. The van der Waals surface area contributed by atoms with Crippen LogP contribution in [0.4, 0.5) is 0 Å². The topological polar surface area (TPSA) is 0 Å². The van der Waals surface area contributed by atoms with Gasteiger partial charge in [0.25, 0.3) is 0 Å². The Bertz CT molecular complexity index is 3240. The maximum absolute atomic E-state index is 2.59. The molecule has 0 saturated heterocycles. The van der Waals surface area contributed by atoms with Gasteiger partial charge in [0.2, 0.25) is 0 Å². The molecule has 57 heavy (non-hydrogen) atoms. The molecule has 0 radical (unpaired) electrons. The Morgan fingerprint density at radius 3 is 1.23 bits per heavy atom. The Kier molecular flexibility index (Phi) is 7.10. The van der Waals surface area contributed by atoms with Crippen LogP contribution in [0.1, 0.15) is 52.7 Å². The lowest BCUT2D eigenvalue weighted by Crippen LogP contribution is -2.50. The van der Waals surface area contributed by atoms with Gasteiger partial charge >= 0.3 is 0 Å². The number of rotatable bonds is 2. The van der Waals surface area contributed by atoms with Crippen LogP contribution < -0.4 is 0 Å². The molecule has 0 heteroatoms. The van der Waals surface area contributed by atoms with Gasteiger partial charge in [0, 0.05) is 5.41 Å². The SMILES string of the molecule is CC(C)(C)C1(C(C)(C)C)c2cc3cc(-c4c5ccccc5c(-c5ccc6ccccc6c5)c5ccccc45)ccc3cc2-c2c1c1ccccc1c1ccccc21. The molecule has 1 aliphatic rings. The zero-order valence-electron chi connectivity index (χ0n) is 33.7. The molecule has 0 spiro atoms. The molecule has 0 amide bonds. The summed E-state index contributed by atoms with van der Waals surface area (Å²) in [6.45, 7) is 14.8. The second-order valence-electron chi connectivity index (χ2n) is 18.5. The molecule has 0 heterocycles. The lowest BCUT2D eigenvalue weighted by Gasteiger charge is -2.53. The van der Waals surface area contributed by atoms with E-state index >= 15 is 0 Å². The molecule has 0 unspecified atom stereocenters. The largest absolute Gasteiger partial charge is 0.0616 e. The van der Waals surface area contributed by atoms with Crippen LogP contribution >= 0.6 is 0 Å². The Morgan fingerprint density at radius 2 is 0.702 bits per heavy atom. The fraction of sp³-hybridized carbons (Fsp3) is 0.158. The Labute approximate surface area is 335 Å². The van der Waals surface area contributed by atoms with Crippen LogP contribution in [-0.2, 0) is 5.41 Å². The Balaban J connectivity index is 1.22. The van der Waals surface area contributed by atoms with E-state index in [9.17, 15) is 0 Å². The van der Waals surface area contributed by atoms with Gasteiger partial charge in [-0.05, 0) is 144 Å². The van der Waals surface area contributed by atoms with E-state index in [0.29, 0.717) is 0 Å². The van der Waals surface area contributed by atoms with Gasteiger partial charge in [-0.1, -0.05) is 187 Å². The average molecular weight is 731 g/mol. The third-order valence-corrected chi connectivity index (χ3v) is 13.5. The van der Waals surface area contributed by atoms with Gasteiger partial charge in [-0.2, -0.15) is 0 Å². The summed E-state index contributed by atoms with van der Waals surface area (Å²) in [7, 11) is 0. The predicted molar refractivity (Wildman–Crippen MR) is 247 cm³/mol. The number of hydrogen-bond donors (Lipinski definition) is 0. The van der Waals surface area contributed by atoms with E-state index in [1.54, 1.807) is 0 Å². The number of benzene rings is 10. The molecule has 10 aromatic carbocycles. The van der Waals surface area contributed by atoms with Crippen LogP contribution in [-0.4, -0.2) is 0 Å². The normalized spacial score (nSPS) is 13.9. The predicted octanol–water partition coefficient (Wildman–Crippen LogP) is 16.3. The van der Waals surface area contributed by atoms with Crippen LogP contribution in [0.2, 0.25) is 0 Å². The highest BCUT2D eigenvalue weighted by Crippen LogP contribution is 2.67. The van der Waals surface area contributed by atoms with E-state index in [4.69, 9.17) is 0 Å².